The van der Waals surface area contributed by atoms with E-state index in [9.17, 15) is 41.0 Å². The summed E-state index contributed by atoms with van der Waals surface area (Å²) < 4.78 is 94.5. The number of rotatable bonds is 14. The number of methoxy groups -OCH3 is 1. The monoisotopic (exact) mass is 766 g/mol. The van der Waals surface area contributed by atoms with Crippen molar-refractivity contribution in [2.75, 3.05) is 30.1 Å². The Balaban J connectivity index is 0.00000650. The quantitative estimate of drug-likeness (QED) is 0.105. The number of hydrogen-bond donors (Lipinski definition) is 0. The summed E-state index contributed by atoms with van der Waals surface area (Å²) in [5.41, 5.74) is 0.239. The molecule has 3 aromatic carbocycles. The van der Waals surface area contributed by atoms with Crippen LogP contribution in [-0.4, -0.2) is 42.1 Å². The van der Waals surface area contributed by atoms with Crippen LogP contribution in [-0.2, 0) is 35.0 Å². The van der Waals surface area contributed by atoms with Crippen LogP contribution >= 0.6 is 0 Å². The minimum absolute atomic E-state index is 0. The molecule has 1 aliphatic heterocycles. The number of ether oxygens (including phenoxy) is 2. The molecular formula is C38H37F6N4NaO5. The van der Waals surface area contributed by atoms with Gasteiger partial charge in [0.05, 0.1) is 37.2 Å². The second-order valence-corrected chi connectivity index (χ2v) is 12.9. The molecule has 16 heteroatoms. The van der Waals surface area contributed by atoms with Crippen LogP contribution in [0.5, 0.6) is 11.5 Å². The molecule has 0 spiro atoms. The molecule has 0 radical (unpaired) electrons. The third-order valence-corrected chi connectivity index (χ3v) is 8.73. The van der Waals surface area contributed by atoms with E-state index in [-0.39, 0.29) is 90.7 Å². The van der Waals surface area contributed by atoms with Crippen molar-refractivity contribution < 1.29 is 80.1 Å². The molecule has 5 rings (SSSR count). The predicted molar refractivity (Wildman–Crippen MR) is 182 cm³/mol. The van der Waals surface area contributed by atoms with Crippen molar-refractivity contribution in [1.82, 2.24) is 9.97 Å². The molecule has 4 aromatic rings. The zero-order valence-electron chi connectivity index (χ0n) is 30.2. The van der Waals surface area contributed by atoms with Crippen molar-refractivity contribution in [2.45, 2.75) is 70.9 Å². The second kappa shape index (κ2) is 17.9. The van der Waals surface area contributed by atoms with E-state index in [0.717, 1.165) is 5.56 Å². The molecule has 9 nitrogen and oxygen atoms in total. The van der Waals surface area contributed by atoms with Crippen molar-refractivity contribution in [3.63, 3.8) is 0 Å². The molecular weight excluding hydrogens is 729 g/mol. The van der Waals surface area contributed by atoms with E-state index in [1.54, 1.807) is 17.0 Å². The number of benzene rings is 3. The molecule has 1 aliphatic rings. The third-order valence-electron chi connectivity index (χ3n) is 8.73. The molecule has 0 aliphatic carbocycles. The van der Waals surface area contributed by atoms with Crippen LogP contribution in [0, 0.1) is 0 Å². The van der Waals surface area contributed by atoms with Crippen molar-refractivity contribution >= 4 is 23.5 Å². The number of alkyl halides is 6. The Bertz CT molecular complexity index is 1910. The van der Waals surface area contributed by atoms with E-state index in [1.807, 2.05) is 38.1 Å². The smallest absolute Gasteiger partial charge is 0.550 e. The first-order valence-electron chi connectivity index (χ1n) is 16.8. The van der Waals surface area contributed by atoms with E-state index >= 15 is 0 Å². The second-order valence-electron chi connectivity index (χ2n) is 12.9. The molecule has 2 heterocycles. The maximum absolute atomic E-state index is 13.9. The Hall–Kier alpha value is -4.34. The van der Waals surface area contributed by atoms with E-state index in [2.05, 4.69) is 9.97 Å². The van der Waals surface area contributed by atoms with E-state index < -0.39 is 36.0 Å². The number of carbonyl (C=O) groups is 2. The molecule has 0 atom stereocenters. The number of carboxylic acids is 1. The largest absolute Gasteiger partial charge is 1.00 e. The van der Waals surface area contributed by atoms with Gasteiger partial charge in [-0.2, -0.15) is 26.3 Å². The summed E-state index contributed by atoms with van der Waals surface area (Å²) in [5, 5.41) is 10.7. The number of carboxylic acid groups (broad SMARTS) is 1. The SMILES string of the molecule is COc1ccc(C(C)C)cc1-c1ccc(N2CCCC2=O)cc1CN(Cc1cc(C(F)(F)F)cc(C(F)(F)F)c1)c1ncc(OCCCC(=O)[O-])cn1.[Na+]. The Morgan fingerprint density at radius 1 is 0.926 bits per heavy atom. The van der Waals surface area contributed by atoms with Gasteiger partial charge in [0.2, 0.25) is 11.9 Å². The van der Waals surface area contributed by atoms with E-state index in [1.165, 1.54) is 24.4 Å². The van der Waals surface area contributed by atoms with Gasteiger partial charge >= 0.3 is 41.9 Å². The normalized spacial score (nSPS) is 13.2. The number of amides is 1. The van der Waals surface area contributed by atoms with Crippen molar-refractivity contribution in [1.29, 1.82) is 0 Å². The fraction of sp³-hybridized carbons (Fsp3) is 0.368. The Morgan fingerprint density at radius 3 is 2.15 bits per heavy atom. The average molecular weight is 767 g/mol. The summed E-state index contributed by atoms with van der Waals surface area (Å²) in [6.07, 6.45) is -6.65. The standard InChI is InChI=1S/C38H38F6N4O5.Na/c1-23(2)25-8-11-33(52-3)32(17-25)31-10-9-29(48-12-4-6-34(48)49)16-26(31)22-47(36-45-19-30(20-46-36)53-13-5-7-35(50)51)21-24-14-27(37(39,40)41)18-28(15-24)38(42,43)44;/h8-11,14-20,23H,4-7,12-13,21-22H2,1-3H3,(H,50,51);/q;+1/p-1. The van der Waals surface area contributed by atoms with Gasteiger partial charge in [-0.25, -0.2) is 9.97 Å². The number of aromatic nitrogens is 2. The van der Waals surface area contributed by atoms with Crippen LogP contribution in [0.3, 0.4) is 0 Å². The molecule has 0 N–H and O–H groups in total. The van der Waals surface area contributed by atoms with Crippen molar-refractivity contribution in [3.8, 4) is 22.6 Å². The number of nitrogens with zero attached hydrogens (tertiary/aromatic N) is 4. The van der Waals surface area contributed by atoms with Crippen LogP contribution in [0.1, 0.15) is 73.3 Å². The summed E-state index contributed by atoms with van der Waals surface area (Å²) in [4.78, 5) is 35.3. The molecule has 0 saturated carbocycles. The van der Waals surface area contributed by atoms with E-state index in [0.29, 0.717) is 59.6 Å². The first-order valence-corrected chi connectivity index (χ1v) is 16.8. The molecule has 1 aromatic heterocycles. The summed E-state index contributed by atoms with van der Waals surface area (Å²) >= 11 is 0. The van der Waals surface area contributed by atoms with Gasteiger partial charge in [-0.15, -0.1) is 0 Å². The van der Waals surface area contributed by atoms with Crippen LogP contribution < -0.4 is 53.9 Å². The van der Waals surface area contributed by atoms with E-state index in [4.69, 9.17) is 9.47 Å². The molecule has 0 bridgehead atoms. The van der Waals surface area contributed by atoms with Gasteiger partial charge in [0, 0.05) is 43.3 Å². The average Bonchev–Trinajstić information content (AvgIpc) is 3.54. The van der Waals surface area contributed by atoms with Crippen molar-refractivity contribution in [2.24, 2.45) is 0 Å². The van der Waals surface area contributed by atoms with Crippen LogP contribution in [0.15, 0.2) is 67.0 Å². The summed E-state index contributed by atoms with van der Waals surface area (Å²) in [6, 6.07) is 12.5. The third kappa shape index (κ3) is 10.7. The minimum Gasteiger partial charge on any atom is -0.550 e. The fourth-order valence-corrected chi connectivity index (χ4v) is 6.05. The fourth-order valence-electron chi connectivity index (χ4n) is 6.05. The molecule has 1 amide bonds. The van der Waals surface area contributed by atoms with Crippen molar-refractivity contribution in [3.05, 3.63) is 94.8 Å². The summed E-state index contributed by atoms with van der Waals surface area (Å²) in [5.74, 6) is -0.547. The Kier molecular flexibility index (Phi) is 14.0. The van der Waals surface area contributed by atoms with Gasteiger partial charge < -0.3 is 29.2 Å². The minimum atomic E-state index is -5.06. The van der Waals surface area contributed by atoms with Crippen LogP contribution in [0.25, 0.3) is 11.1 Å². The number of halogens is 6. The molecule has 54 heavy (non-hydrogen) atoms. The first-order chi connectivity index (χ1) is 25.0. The Morgan fingerprint density at radius 2 is 1.59 bits per heavy atom. The van der Waals surface area contributed by atoms with Crippen LogP contribution in [0.4, 0.5) is 38.0 Å². The van der Waals surface area contributed by atoms with Gasteiger partial charge in [0.15, 0.2) is 5.75 Å². The number of aliphatic carboxylic acids is 1. The maximum Gasteiger partial charge on any atom is 1.00 e. The first kappa shape index (κ1) is 42.4. The zero-order chi connectivity index (χ0) is 38.5. The maximum atomic E-state index is 13.9. The molecule has 1 fully saturated rings. The number of carbonyl (C=O) groups excluding carboxylic acids is 2. The molecule has 1 saturated heterocycles. The van der Waals surface area contributed by atoms with Gasteiger partial charge in [-0.1, -0.05) is 26.0 Å². The van der Waals surface area contributed by atoms with Gasteiger partial charge in [0.25, 0.3) is 0 Å². The molecule has 282 valence electrons. The van der Waals surface area contributed by atoms with Gasteiger partial charge in [-0.05, 0) is 89.9 Å². The molecule has 0 unspecified atom stereocenters. The number of hydrogen-bond acceptors (Lipinski definition) is 8. The Labute approximate surface area is 330 Å². The van der Waals surface area contributed by atoms with Gasteiger partial charge in [0.1, 0.15) is 5.75 Å². The van der Waals surface area contributed by atoms with Crippen LogP contribution in [0.2, 0.25) is 0 Å². The predicted octanol–water partition coefficient (Wildman–Crippen LogP) is 4.56. The van der Waals surface area contributed by atoms with Gasteiger partial charge in [-0.3, -0.25) is 4.79 Å². The zero-order valence-corrected chi connectivity index (χ0v) is 32.2. The number of anilines is 2. The topological polar surface area (TPSA) is 108 Å². The summed E-state index contributed by atoms with van der Waals surface area (Å²) in [7, 11) is 1.51. The summed E-state index contributed by atoms with van der Waals surface area (Å²) in [6.45, 7) is 3.93.